The number of halogens is 1. The summed E-state index contributed by atoms with van der Waals surface area (Å²) < 4.78 is 1.99. The molecule has 2 heterocycles. The summed E-state index contributed by atoms with van der Waals surface area (Å²) >= 11 is 6.11. The molecule has 0 aliphatic rings. The van der Waals surface area contributed by atoms with Gasteiger partial charge in [-0.3, -0.25) is 0 Å². The number of hydrogen-bond donors (Lipinski definition) is 0. The minimum absolute atomic E-state index is 0.561. The van der Waals surface area contributed by atoms with Crippen LogP contribution in [0.1, 0.15) is 30.4 Å². The summed E-state index contributed by atoms with van der Waals surface area (Å²) in [4.78, 5) is 12.7. The summed E-state index contributed by atoms with van der Waals surface area (Å²) in [5.74, 6) is 0.983. The second kappa shape index (κ2) is 5.27. The highest BCUT2D eigenvalue weighted by atomic mass is 35.5. The van der Waals surface area contributed by atoms with Gasteiger partial charge in [-0.25, -0.2) is 15.0 Å². The van der Waals surface area contributed by atoms with E-state index in [1.807, 2.05) is 17.8 Å². The minimum Gasteiger partial charge on any atom is -0.338 e. The summed E-state index contributed by atoms with van der Waals surface area (Å²) in [6, 6.07) is 0. The van der Waals surface area contributed by atoms with Crippen LogP contribution in [-0.4, -0.2) is 19.5 Å². The van der Waals surface area contributed by atoms with Crippen LogP contribution in [0.2, 0.25) is 5.15 Å². The van der Waals surface area contributed by atoms with Crippen molar-refractivity contribution in [2.24, 2.45) is 7.05 Å². The van der Waals surface area contributed by atoms with Crippen LogP contribution in [0.4, 0.5) is 0 Å². The lowest BCUT2D eigenvalue weighted by Crippen LogP contribution is -2.05. The average Bonchev–Trinajstić information content (AvgIpc) is 2.70. The van der Waals surface area contributed by atoms with E-state index in [9.17, 15) is 0 Å². The van der Waals surface area contributed by atoms with Crippen molar-refractivity contribution in [3.63, 3.8) is 0 Å². The molecule has 0 aromatic carbocycles. The zero-order chi connectivity index (χ0) is 12.3. The standard InChI is InChI=1S/C12H15ClN4/c1-3-4-9-10(15-8-16-12(9)13)7-11-14-5-6-17(11)2/h5-6,8H,3-4,7H2,1-2H3. The van der Waals surface area contributed by atoms with Crippen molar-refractivity contribution >= 4 is 11.6 Å². The lowest BCUT2D eigenvalue weighted by molar-refractivity contribution is 0.791. The van der Waals surface area contributed by atoms with Gasteiger partial charge in [-0.1, -0.05) is 24.9 Å². The van der Waals surface area contributed by atoms with E-state index in [1.165, 1.54) is 6.33 Å². The maximum atomic E-state index is 6.11. The van der Waals surface area contributed by atoms with Crippen molar-refractivity contribution in [1.29, 1.82) is 0 Å². The van der Waals surface area contributed by atoms with E-state index < -0.39 is 0 Å². The normalized spacial score (nSPS) is 10.8. The first-order valence-electron chi connectivity index (χ1n) is 5.66. The summed E-state index contributed by atoms with van der Waals surface area (Å²) in [6.07, 6.45) is 7.86. The second-order valence-corrected chi connectivity index (χ2v) is 4.33. The van der Waals surface area contributed by atoms with Crippen molar-refractivity contribution in [3.8, 4) is 0 Å². The van der Waals surface area contributed by atoms with Gasteiger partial charge in [0.15, 0.2) is 0 Å². The van der Waals surface area contributed by atoms with Crippen LogP contribution in [0.25, 0.3) is 0 Å². The molecule has 0 N–H and O–H groups in total. The molecule has 0 fully saturated rings. The van der Waals surface area contributed by atoms with Crippen molar-refractivity contribution in [3.05, 3.63) is 41.0 Å². The van der Waals surface area contributed by atoms with Gasteiger partial charge in [0, 0.05) is 31.4 Å². The van der Waals surface area contributed by atoms with Gasteiger partial charge in [0.25, 0.3) is 0 Å². The maximum Gasteiger partial charge on any atom is 0.135 e. The lowest BCUT2D eigenvalue weighted by atomic mass is 10.1. The quantitative estimate of drug-likeness (QED) is 0.783. The third-order valence-corrected chi connectivity index (χ3v) is 3.05. The van der Waals surface area contributed by atoms with E-state index in [1.54, 1.807) is 6.20 Å². The van der Waals surface area contributed by atoms with Crippen LogP contribution in [0, 0.1) is 0 Å². The molecule has 0 radical (unpaired) electrons. The Hall–Kier alpha value is -1.42. The SMILES string of the molecule is CCCc1c(Cl)ncnc1Cc1nccn1C. The van der Waals surface area contributed by atoms with E-state index in [4.69, 9.17) is 11.6 Å². The molecule has 0 saturated carbocycles. The van der Waals surface area contributed by atoms with Crippen molar-refractivity contribution < 1.29 is 0 Å². The molecule has 90 valence electrons. The largest absolute Gasteiger partial charge is 0.338 e. The van der Waals surface area contributed by atoms with Crippen LogP contribution in [0.15, 0.2) is 18.7 Å². The molecule has 0 amide bonds. The summed E-state index contributed by atoms with van der Waals surface area (Å²) in [6.45, 7) is 2.12. The van der Waals surface area contributed by atoms with E-state index in [2.05, 4.69) is 21.9 Å². The van der Waals surface area contributed by atoms with E-state index in [-0.39, 0.29) is 0 Å². The molecule has 0 aliphatic heterocycles. The highest BCUT2D eigenvalue weighted by Gasteiger charge is 2.11. The van der Waals surface area contributed by atoms with Gasteiger partial charge in [-0.05, 0) is 6.42 Å². The van der Waals surface area contributed by atoms with Crippen molar-refractivity contribution in [1.82, 2.24) is 19.5 Å². The molecule has 0 atom stereocenters. The van der Waals surface area contributed by atoms with Gasteiger partial charge in [0.2, 0.25) is 0 Å². The van der Waals surface area contributed by atoms with Gasteiger partial charge in [0.1, 0.15) is 17.3 Å². The monoisotopic (exact) mass is 250 g/mol. The summed E-state index contributed by atoms with van der Waals surface area (Å²) in [5, 5.41) is 0.561. The molecule has 0 spiro atoms. The Kier molecular flexibility index (Phi) is 3.74. The molecular formula is C12H15ClN4. The zero-order valence-electron chi connectivity index (χ0n) is 10.0. The van der Waals surface area contributed by atoms with Crippen LogP contribution < -0.4 is 0 Å². The molecule has 0 aliphatic carbocycles. The van der Waals surface area contributed by atoms with E-state index in [0.29, 0.717) is 11.6 Å². The highest BCUT2D eigenvalue weighted by molar-refractivity contribution is 6.30. The number of hydrogen-bond acceptors (Lipinski definition) is 3. The number of aryl methyl sites for hydroxylation is 1. The lowest BCUT2D eigenvalue weighted by Gasteiger charge is -2.08. The molecular weight excluding hydrogens is 236 g/mol. The van der Waals surface area contributed by atoms with Gasteiger partial charge < -0.3 is 4.57 Å². The fourth-order valence-corrected chi connectivity index (χ4v) is 2.04. The van der Waals surface area contributed by atoms with Crippen LogP contribution >= 0.6 is 11.6 Å². The topological polar surface area (TPSA) is 43.6 Å². The van der Waals surface area contributed by atoms with Gasteiger partial charge in [0.05, 0.1) is 5.69 Å². The van der Waals surface area contributed by atoms with Crippen LogP contribution in [-0.2, 0) is 19.9 Å². The Labute approximate surface area is 106 Å². The Balaban J connectivity index is 2.32. The Morgan fingerprint density at radius 2 is 2.12 bits per heavy atom. The first-order chi connectivity index (χ1) is 8.22. The van der Waals surface area contributed by atoms with Crippen molar-refractivity contribution in [2.45, 2.75) is 26.2 Å². The predicted molar refractivity (Wildman–Crippen MR) is 67.1 cm³/mol. The molecule has 0 bridgehead atoms. The Morgan fingerprint density at radius 1 is 1.29 bits per heavy atom. The first-order valence-corrected chi connectivity index (χ1v) is 6.04. The molecule has 5 heteroatoms. The third kappa shape index (κ3) is 2.64. The van der Waals surface area contributed by atoms with Crippen molar-refractivity contribution in [2.75, 3.05) is 0 Å². The summed E-state index contributed by atoms with van der Waals surface area (Å²) in [5.41, 5.74) is 2.01. The predicted octanol–water partition coefficient (Wildman–Crippen LogP) is 2.41. The van der Waals surface area contributed by atoms with E-state index in [0.717, 1.165) is 29.9 Å². The Morgan fingerprint density at radius 3 is 2.76 bits per heavy atom. The molecule has 2 rings (SSSR count). The highest BCUT2D eigenvalue weighted by Crippen LogP contribution is 2.19. The van der Waals surface area contributed by atoms with Crippen LogP contribution in [0.5, 0.6) is 0 Å². The molecule has 17 heavy (non-hydrogen) atoms. The molecule has 4 nitrogen and oxygen atoms in total. The number of rotatable bonds is 4. The third-order valence-electron chi connectivity index (χ3n) is 2.73. The number of aromatic nitrogens is 4. The first kappa shape index (κ1) is 12.0. The smallest absolute Gasteiger partial charge is 0.135 e. The molecule has 2 aromatic rings. The zero-order valence-corrected chi connectivity index (χ0v) is 10.8. The van der Waals surface area contributed by atoms with Gasteiger partial charge >= 0.3 is 0 Å². The average molecular weight is 251 g/mol. The Bertz CT molecular complexity index is 507. The van der Waals surface area contributed by atoms with Crippen LogP contribution in [0.3, 0.4) is 0 Å². The maximum absolute atomic E-state index is 6.11. The fourth-order valence-electron chi connectivity index (χ4n) is 1.79. The molecule has 0 saturated heterocycles. The second-order valence-electron chi connectivity index (χ2n) is 3.97. The number of nitrogens with zero attached hydrogens (tertiary/aromatic N) is 4. The minimum atomic E-state index is 0.561. The molecule has 2 aromatic heterocycles. The van der Waals surface area contributed by atoms with Gasteiger partial charge in [-0.15, -0.1) is 0 Å². The molecule has 0 unspecified atom stereocenters. The van der Waals surface area contributed by atoms with Gasteiger partial charge in [-0.2, -0.15) is 0 Å². The fraction of sp³-hybridized carbons (Fsp3) is 0.417. The summed E-state index contributed by atoms with van der Waals surface area (Å²) in [7, 11) is 1.98. The number of imidazole rings is 1. The van der Waals surface area contributed by atoms with E-state index >= 15 is 0 Å².